The van der Waals surface area contributed by atoms with E-state index in [-0.39, 0.29) is 12.5 Å². The summed E-state index contributed by atoms with van der Waals surface area (Å²) in [6.45, 7) is 3.64. The first-order chi connectivity index (χ1) is 22.3. The zero-order valence-corrected chi connectivity index (χ0v) is 27.2. The maximum Gasteiger partial charge on any atom is 0.338 e. The predicted molar refractivity (Wildman–Crippen MR) is 169 cm³/mol. The third kappa shape index (κ3) is 4.52. The number of hydrogen-bond acceptors (Lipinski definition) is 10. The van der Waals surface area contributed by atoms with Gasteiger partial charge in [0.2, 0.25) is 5.91 Å². The number of methoxy groups -OCH3 is 6. The maximum atomic E-state index is 14.5. The number of amides is 1. The van der Waals surface area contributed by atoms with E-state index in [2.05, 4.69) is 5.32 Å². The molecule has 0 saturated carbocycles. The molecule has 11 nitrogen and oxygen atoms in total. The van der Waals surface area contributed by atoms with Crippen molar-refractivity contribution in [1.29, 1.82) is 0 Å². The van der Waals surface area contributed by atoms with Crippen LogP contribution in [0, 0.1) is 13.8 Å². The fourth-order valence-electron chi connectivity index (χ4n) is 7.25. The van der Waals surface area contributed by atoms with Gasteiger partial charge in [-0.3, -0.25) is 10.1 Å². The molecule has 0 radical (unpaired) electrons. The molecule has 3 atom stereocenters. The lowest BCUT2D eigenvalue weighted by molar-refractivity contribution is -0.138. The van der Waals surface area contributed by atoms with Crippen LogP contribution in [0.1, 0.15) is 55.8 Å². The molecule has 3 aliphatic heterocycles. The molecule has 3 aliphatic rings. The highest BCUT2D eigenvalue weighted by Crippen LogP contribution is 2.57. The van der Waals surface area contributed by atoms with E-state index in [9.17, 15) is 9.59 Å². The molecule has 0 aromatic heterocycles. The number of ether oxygens (including phenoxy) is 7. The molecule has 1 saturated heterocycles. The average Bonchev–Trinajstić information content (AvgIpc) is 3.08. The molecule has 1 N–H and O–H groups in total. The Bertz CT molecular complexity index is 1750. The normalized spacial score (nSPS) is 19.2. The van der Waals surface area contributed by atoms with E-state index < -0.39 is 24.1 Å². The van der Waals surface area contributed by atoms with E-state index in [1.165, 1.54) is 0 Å². The Balaban J connectivity index is 1.61. The van der Waals surface area contributed by atoms with Crippen molar-refractivity contribution in [1.82, 2.24) is 10.2 Å². The Morgan fingerprint density at radius 2 is 1.35 bits per heavy atom. The highest BCUT2D eigenvalue weighted by molar-refractivity contribution is 5.92. The molecule has 3 aromatic carbocycles. The molecule has 0 unspecified atom stereocenters. The average molecular weight is 631 g/mol. The van der Waals surface area contributed by atoms with Gasteiger partial charge in [0.15, 0.2) is 23.0 Å². The van der Waals surface area contributed by atoms with Gasteiger partial charge in [-0.15, -0.1) is 0 Å². The second-order valence-corrected chi connectivity index (χ2v) is 11.3. The minimum atomic E-state index is -0.776. The third-order valence-corrected chi connectivity index (χ3v) is 9.12. The molecule has 11 heteroatoms. The number of nitrogens with one attached hydrogen (secondary N) is 1. The lowest BCUT2D eigenvalue weighted by atomic mass is 9.78. The molecule has 242 valence electrons. The fraction of sp³-hybridized carbons (Fsp3) is 0.371. The van der Waals surface area contributed by atoms with Crippen LogP contribution in [0.15, 0.2) is 36.0 Å². The first-order valence-corrected chi connectivity index (χ1v) is 14.9. The van der Waals surface area contributed by atoms with Gasteiger partial charge >= 0.3 is 5.97 Å². The summed E-state index contributed by atoms with van der Waals surface area (Å²) in [7, 11) is 9.49. The van der Waals surface area contributed by atoms with Crippen LogP contribution in [0.25, 0.3) is 6.08 Å². The van der Waals surface area contributed by atoms with Crippen molar-refractivity contribution >= 4 is 18.0 Å². The van der Waals surface area contributed by atoms with Gasteiger partial charge in [-0.05, 0) is 32.1 Å². The van der Waals surface area contributed by atoms with Crippen molar-refractivity contribution < 1.29 is 42.7 Å². The van der Waals surface area contributed by atoms with Gasteiger partial charge in [-0.1, -0.05) is 18.2 Å². The summed E-state index contributed by atoms with van der Waals surface area (Å²) in [5, 5.41) is 3.55. The molecule has 3 aromatic rings. The summed E-state index contributed by atoms with van der Waals surface area (Å²) in [6.07, 6.45) is 2.28. The monoisotopic (exact) mass is 630 g/mol. The van der Waals surface area contributed by atoms with Crippen molar-refractivity contribution in [3.05, 3.63) is 75.0 Å². The predicted octanol–water partition coefficient (Wildman–Crippen LogP) is 4.71. The van der Waals surface area contributed by atoms with Crippen molar-refractivity contribution in [2.24, 2.45) is 0 Å². The van der Waals surface area contributed by atoms with Gasteiger partial charge in [-0.25, -0.2) is 4.79 Å². The van der Waals surface area contributed by atoms with E-state index in [1.54, 1.807) is 71.8 Å². The highest BCUT2D eigenvalue weighted by atomic mass is 16.5. The number of carbonyl (C=O) groups is 2. The van der Waals surface area contributed by atoms with Gasteiger partial charge in [0.25, 0.3) is 0 Å². The Labute approximate surface area is 267 Å². The van der Waals surface area contributed by atoms with Crippen LogP contribution in [0.2, 0.25) is 0 Å². The second-order valence-electron chi connectivity index (χ2n) is 11.3. The van der Waals surface area contributed by atoms with Gasteiger partial charge in [-0.2, -0.15) is 0 Å². The van der Waals surface area contributed by atoms with Gasteiger partial charge in [0, 0.05) is 45.5 Å². The van der Waals surface area contributed by atoms with Crippen LogP contribution in [0.4, 0.5) is 0 Å². The van der Waals surface area contributed by atoms with E-state index in [0.29, 0.717) is 63.3 Å². The standard InChI is InChI=1S/C35H38N2O9/c1-17-28(40-3)20-14-22-34(38)37-23(27(36-22)26(20)33(45-8)31(17)43-6)15-21-25(32(44-7)30(42-5)18(2)29(21)41-4)24(37)16-46-35(39)19-12-10-9-11-13-19/h9-13,15,22,24,27,36H,14,16H2,1-8H3/t22-,24-,27-/m0/s1. The zero-order valence-electron chi connectivity index (χ0n) is 27.2. The van der Waals surface area contributed by atoms with E-state index >= 15 is 0 Å². The first kappa shape index (κ1) is 31.1. The quantitative estimate of drug-likeness (QED) is 0.334. The summed E-state index contributed by atoms with van der Waals surface area (Å²) in [6, 6.07) is 6.85. The molecule has 1 fully saturated rings. The number of nitrogens with zero attached hydrogens (tertiary/aromatic N) is 1. The zero-order chi connectivity index (χ0) is 32.9. The SMILES string of the molecule is COc1c(C)c(OC)c(OC)c2c1C=C1[C@@H]3N[C@@H](Cc4c(OC)c(C)c(OC)c(OC)c43)C(=O)N1[C@H]2COC(=O)c1ccccc1. The molecule has 6 rings (SSSR count). The van der Waals surface area contributed by atoms with Gasteiger partial charge in [0.1, 0.15) is 24.1 Å². The van der Waals surface area contributed by atoms with Gasteiger partial charge in [0.05, 0.1) is 60.3 Å². The second kappa shape index (κ2) is 12.1. The summed E-state index contributed by atoms with van der Waals surface area (Å²) >= 11 is 0. The molecular weight excluding hydrogens is 592 g/mol. The van der Waals surface area contributed by atoms with Gasteiger partial charge < -0.3 is 38.1 Å². The van der Waals surface area contributed by atoms with Crippen molar-refractivity contribution in [3.8, 4) is 34.5 Å². The van der Waals surface area contributed by atoms with Crippen LogP contribution in [-0.2, 0) is 16.0 Å². The van der Waals surface area contributed by atoms with Crippen molar-refractivity contribution in [2.45, 2.75) is 38.4 Å². The molecule has 3 heterocycles. The van der Waals surface area contributed by atoms with Crippen molar-refractivity contribution in [2.75, 3.05) is 49.3 Å². The van der Waals surface area contributed by atoms with Crippen molar-refractivity contribution in [3.63, 3.8) is 0 Å². The van der Waals surface area contributed by atoms with Crippen LogP contribution < -0.4 is 33.7 Å². The topological polar surface area (TPSA) is 114 Å². The maximum absolute atomic E-state index is 14.5. The fourth-order valence-corrected chi connectivity index (χ4v) is 7.25. The molecule has 0 aliphatic carbocycles. The Morgan fingerprint density at radius 3 is 1.93 bits per heavy atom. The number of rotatable bonds is 9. The van der Waals surface area contributed by atoms with E-state index in [1.807, 2.05) is 26.0 Å². The number of esters is 1. The summed E-state index contributed by atoms with van der Waals surface area (Å²) in [5.74, 6) is 2.50. The first-order valence-electron chi connectivity index (χ1n) is 14.9. The Hall–Kier alpha value is -4.90. The Morgan fingerprint density at radius 1 is 0.783 bits per heavy atom. The van der Waals surface area contributed by atoms with E-state index in [0.717, 1.165) is 22.3 Å². The lowest BCUT2D eigenvalue weighted by Crippen LogP contribution is -2.60. The number of piperazine rings is 1. The molecule has 0 spiro atoms. The summed E-state index contributed by atoms with van der Waals surface area (Å²) in [4.78, 5) is 29.5. The van der Waals surface area contributed by atoms with Crippen LogP contribution in [0.3, 0.4) is 0 Å². The summed E-state index contributed by atoms with van der Waals surface area (Å²) in [5.41, 5.74) is 5.52. The number of hydrogen-bond donors (Lipinski definition) is 1. The minimum Gasteiger partial charge on any atom is -0.496 e. The number of benzene rings is 3. The molecule has 46 heavy (non-hydrogen) atoms. The van der Waals surface area contributed by atoms with Crippen LogP contribution >= 0.6 is 0 Å². The highest BCUT2D eigenvalue weighted by Gasteiger charge is 2.51. The number of fused-ring (bicyclic) bond motifs is 7. The molecular formula is C35H38N2O9. The number of carbonyl (C=O) groups excluding carboxylic acids is 2. The van der Waals surface area contributed by atoms with Crippen LogP contribution in [0.5, 0.6) is 34.5 Å². The largest absolute Gasteiger partial charge is 0.496 e. The van der Waals surface area contributed by atoms with Crippen LogP contribution in [-0.4, -0.2) is 72.1 Å². The lowest BCUT2D eigenvalue weighted by Gasteiger charge is -2.50. The smallest absolute Gasteiger partial charge is 0.338 e. The molecule has 2 bridgehead atoms. The Kier molecular flexibility index (Phi) is 8.20. The third-order valence-electron chi connectivity index (χ3n) is 9.12. The minimum absolute atomic E-state index is 0.153. The van der Waals surface area contributed by atoms with E-state index in [4.69, 9.17) is 33.2 Å². The molecule has 1 amide bonds. The summed E-state index contributed by atoms with van der Waals surface area (Å²) < 4.78 is 41.4.